The third-order valence-corrected chi connectivity index (χ3v) is 5.08. The van der Waals surface area contributed by atoms with Crippen molar-refractivity contribution in [3.05, 3.63) is 45.7 Å². The molecule has 2 heterocycles. The van der Waals surface area contributed by atoms with Gasteiger partial charge in [0, 0.05) is 12.1 Å². The molecule has 2 atom stereocenters. The molecule has 1 saturated heterocycles. The molecule has 5 nitrogen and oxygen atoms in total. The summed E-state index contributed by atoms with van der Waals surface area (Å²) < 4.78 is 46.8. The fourth-order valence-corrected chi connectivity index (χ4v) is 3.45. The molecule has 0 amide bonds. The molecule has 0 spiro atoms. The Morgan fingerprint density at radius 1 is 1.14 bits per heavy atom. The molecular weight excluding hydrogens is 418 g/mol. The number of ether oxygens (including phenoxy) is 2. The van der Waals surface area contributed by atoms with Crippen LogP contribution < -0.4 is 10.1 Å². The zero-order valence-corrected chi connectivity index (χ0v) is 16.4. The van der Waals surface area contributed by atoms with E-state index >= 15 is 0 Å². The van der Waals surface area contributed by atoms with Crippen LogP contribution in [0.3, 0.4) is 0 Å². The van der Waals surface area contributed by atoms with Crippen LogP contribution >= 0.6 is 23.2 Å². The van der Waals surface area contributed by atoms with Crippen molar-refractivity contribution >= 4 is 28.9 Å². The monoisotopic (exact) mass is 435 g/mol. The lowest BCUT2D eigenvalue weighted by molar-refractivity contribution is -0.274. The number of hydrogen-bond donors (Lipinski definition) is 1. The molecule has 0 saturated carbocycles. The number of nitrogens with one attached hydrogen (secondary N) is 1. The molecule has 2 unspecified atom stereocenters. The van der Waals surface area contributed by atoms with Crippen LogP contribution in [-0.2, 0) is 4.74 Å². The minimum Gasteiger partial charge on any atom is -0.406 e. The normalized spacial score (nSPS) is 20.1. The second kappa shape index (κ2) is 8.71. The van der Waals surface area contributed by atoms with Gasteiger partial charge in [-0.05, 0) is 43.9 Å². The Kier molecular flexibility index (Phi) is 6.52. The zero-order valence-electron chi connectivity index (χ0n) is 14.9. The second-order valence-corrected chi connectivity index (χ2v) is 7.17. The lowest BCUT2D eigenvalue weighted by Gasteiger charge is -2.31. The minimum atomic E-state index is -4.70. The van der Waals surface area contributed by atoms with Crippen molar-refractivity contribution in [2.45, 2.75) is 44.8 Å². The SMILES string of the molecule is Cc1c(Cl)nnc(Cl)c1NCC1CCCC(c2ccc(OC(F)(F)F)cc2)O1. The van der Waals surface area contributed by atoms with E-state index < -0.39 is 6.36 Å². The summed E-state index contributed by atoms with van der Waals surface area (Å²) in [6, 6.07) is 5.77. The summed E-state index contributed by atoms with van der Waals surface area (Å²) in [5.74, 6) is -0.252. The molecule has 28 heavy (non-hydrogen) atoms. The Bertz CT molecular complexity index is 819. The fraction of sp³-hybridized carbons (Fsp3) is 0.444. The fourth-order valence-electron chi connectivity index (χ4n) is 3.07. The number of nitrogens with zero attached hydrogens (tertiary/aromatic N) is 2. The largest absolute Gasteiger partial charge is 0.573 e. The van der Waals surface area contributed by atoms with Crippen molar-refractivity contribution in [3.8, 4) is 5.75 Å². The standard InChI is InChI=1S/C18H18Cl2F3N3O2/c1-10-15(17(20)26-25-16(10)19)24-9-13-3-2-4-14(27-13)11-5-7-12(8-6-11)28-18(21,22)23/h5-8,13-14H,2-4,9H2,1H3,(H,24,25). The Hall–Kier alpha value is -1.77. The van der Waals surface area contributed by atoms with E-state index in [0.717, 1.165) is 24.8 Å². The molecule has 1 aromatic heterocycles. The van der Waals surface area contributed by atoms with Crippen molar-refractivity contribution in [2.75, 3.05) is 11.9 Å². The van der Waals surface area contributed by atoms with Gasteiger partial charge in [0.2, 0.25) is 0 Å². The molecule has 0 aliphatic carbocycles. The van der Waals surface area contributed by atoms with Gasteiger partial charge in [-0.15, -0.1) is 23.4 Å². The molecule has 1 aromatic carbocycles. The Labute approximate surface area is 170 Å². The summed E-state index contributed by atoms with van der Waals surface area (Å²) in [6.07, 6.45) is -2.42. The number of rotatable bonds is 5. The number of halogens is 5. The zero-order chi connectivity index (χ0) is 20.3. The quantitative estimate of drug-likeness (QED) is 0.651. The lowest BCUT2D eigenvalue weighted by Crippen LogP contribution is -2.29. The van der Waals surface area contributed by atoms with Crippen LogP contribution in [0.4, 0.5) is 18.9 Å². The maximum Gasteiger partial charge on any atom is 0.573 e. The number of anilines is 1. The number of alkyl halides is 3. The highest BCUT2D eigenvalue weighted by Crippen LogP contribution is 2.34. The van der Waals surface area contributed by atoms with Crippen molar-refractivity contribution in [1.82, 2.24) is 10.2 Å². The van der Waals surface area contributed by atoms with Gasteiger partial charge in [-0.3, -0.25) is 0 Å². The molecule has 152 valence electrons. The molecular formula is C18H18Cl2F3N3O2. The van der Waals surface area contributed by atoms with Gasteiger partial charge in [0.25, 0.3) is 0 Å². The van der Waals surface area contributed by atoms with Crippen molar-refractivity contribution in [3.63, 3.8) is 0 Å². The van der Waals surface area contributed by atoms with E-state index in [9.17, 15) is 13.2 Å². The number of benzene rings is 1. The predicted molar refractivity (Wildman–Crippen MR) is 99.9 cm³/mol. The van der Waals surface area contributed by atoms with E-state index in [2.05, 4.69) is 20.3 Å². The smallest absolute Gasteiger partial charge is 0.406 e. The third-order valence-electron chi connectivity index (χ3n) is 4.46. The average Bonchev–Trinajstić information content (AvgIpc) is 2.64. The molecule has 1 aliphatic heterocycles. The van der Waals surface area contributed by atoms with Gasteiger partial charge >= 0.3 is 6.36 Å². The van der Waals surface area contributed by atoms with Gasteiger partial charge in [0.05, 0.1) is 17.9 Å². The molecule has 3 rings (SSSR count). The van der Waals surface area contributed by atoms with Crippen LogP contribution in [0.5, 0.6) is 5.75 Å². The predicted octanol–water partition coefficient (Wildman–Crippen LogP) is 5.71. The van der Waals surface area contributed by atoms with Crippen LogP contribution in [0.2, 0.25) is 10.3 Å². The topological polar surface area (TPSA) is 56.3 Å². The maximum absolute atomic E-state index is 12.3. The van der Waals surface area contributed by atoms with Crippen molar-refractivity contribution in [2.24, 2.45) is 0 Å². The van der Waals surface area contributed by atoms with E-state index in [1.54, 1.807) is 19.1 Å². The summed E-state index contributed by atoms with van der Waals surface area (Å²) in [4.78, 5) is 0. The van der Waals surface area contributed by atoms with Crippen molar-refractivity contribution < 1.29 is 22.6 Å². The van der Waals surface area contributed by atoms with E-state index in [4.69, 9.17) is 27.9 Å². The minimum absolute atomic E-state index is 0.0905. The maximum atomic E-state index is 12.3. The Balaban J connectivity index is 1.61. The number of aromatic nitrogens is 2. The van der Waals surface area contributed by atoms with E-state index in [-0.39, 0.29) is 28.3 Å². The summed E-state index contributed by atoms with van der Waals surface area (Å²) in [5, 5.41) is 11.2. The summed E-state index contributed by atoms with van der Waals surface area (Å²) in [6.45, 7) is 2.29. The first-order valence-corrected chi connectivity index (χ1v) is 9.42. The van der Waals surface area contributed by atoms with Gasteiger partial charge in [-0.1, -0.05) is 35.3 Å². The summed E-state index contributed by atoms with van der Waals surface area (Å²) in [7, 11) is 0. The summed E-state index contributed by atoms with van der Waals surface area (Å²) >= 11 is 12.1. The molecule has 0 bridgehead atoms. The first kappa shape index (κ1) is 21.0. The molecule has 1 fully saturated rings. The van der Waals surface area contributed by atoms with E-state index in [1.807, 2.05) is 0 Å². The molecule has 10 heteroatoms. The highest BCUT2D eigenvalue weighted by molar-refractivity contribution is 6.34. The summed E-state index contributed by atoms with van der Waals surface area (Å²) in [5.41, 5.74) is 2.12. The van der Waals surface area contributed by atoms with Gasteiger partial charge in [-0.25, -0.2) is 0 Å². The van der Waals surface area contributed by atoms with Gasteiger partial charge in [-0.2, -0.15) is 0 Å². The highest BCUT2D eigenvalue weighted by atomic mass is 35.5. The van der Waals surface area contributed by atoms with Crippen LogP contribution in [-0.4, -0.2) is 29.2 Å². The highest BCUT2D eigenvalue weighted by Gasteiger charge is 2.31. The molecule has 1 N–H and O–H groups in total. The van der Waals surface area contributed by atoms with Gasteiger partial charge < -0.3 is 14.8 Å². The first-order chi connectivity index (χ1) is 13.2. The average molecular weight is 436 g/mol. The third kappa shape index (κ3) is 5.40. The van der Waals surface area contributed by atoms with Crippen molar-refractivity contribution in [1.29, 1.82) is 0 Å². The Morgan fingerprint density at radius 3 is 2.50 bits per heavy atom. The first-order valence-electron chi connectivity index (χ1n) is 8.66. The van der Waals surface area contributed by atoms with E-state index in [1.165, 1.54) is 12.1 Å². The molecule has 1 aliphatic rings. The van der Waals surface area contributed by atoms with Gasteiger partial charge in [0.15, 0.2) is 10.3 Å². The lowest BCUT2D eigenvalue weighted by atomic mass is 9.98. The molecule has 2 aromatic rings. The van der Waals surface area contributed by atoms with Crippen LogP contribution in [0.25, 0.3) is 0 Å². The van der Waals surface area contributed by atoms with E-state index in [0.29, 0.717) is 17.8 Å². The Morgan fingerprint density at radius 2 is 1.82 bits per heavy atom. The van der Waals surface area contributed by atoms with Crippen LogP contribution in [0, 0.1) is 6.92 Å². The number of hydrogen-bond acceptors (Lipinski definition) is 5. The van der Waals surface area contributed by atoms with Gasteiger partial charge in [0.1, 0.15) is 5.75 Å². The van der Waals surface area contributed by atoms with Crippen LogP contribution in [0.15, 0.2) is 24.3 Å². The molecule has 0 radical (unpaired) electrons. The second-order valence-electron chi connectivity index (χ2n) is 6.46. The van der Waals surface area contributed by atoms with Crippen LogP contribution in [0.1, 0.15) is 36.5 Å².